The van der Waals surface area contributed by atoms with Crippen LogP contribution in [0.4, 0.5) is 0 Å². The van der Waals surface area contributed by atoms with Gasteiger partial charge in [0.25, 0.3) is 0 Å². The molecule has 5 nitrogen and oxygen atoms in total. The van der Waals surface area contributed by atoms with Crippen LogP contribution in [-0.4, -0.2) is 40.8 Å². The first-order valence-electron chi connectivity index (χ1n) is 8.02. The number of methoxy groups -OCH3 is 1. The Kier molecular flexibility index (Phi) is 4.71. The molecule has 1 unspecified atom stereocenters. The number of phenols is 1. The van der Waals surface area contributed by atoms with Crippen LogP contribution in [-0.2, 0) is 4.79 Å². The van der Waals surface area contributed by atoms with E-state index in [9.17, 15) is 15.0 Å². The van der Waals surface area contributed by atoms with Crippen molar-refractivity contribution in [3.8, 4) is 11.5 Å². The number of benzene rings is 2. The molecule has 1 aliphatic heterocycles. The largest absolute Gasteiger partial charge is 0.508 e. The second-order valence-electron chi connectivity index (χ2n) is 5.97. The summed E-state index contributed by atoms with van der Waals surface area (Å²) in [6, 6.07) is 13.8. The Labute approximate surface area is 141 Å². The summed E-state index contributed by atoms with van der Waals surface area (Å²) in [5.41, 5.74) is 1.65. The van der Waals surface area contributed by atoms with Crippen molar-refractivity contribution in [2.45, 2.75) is 24.9 Å². The minimum Gasteiger partial charge on any atom is -0.508 e. The van der Waals surface area contributed by atoms with Crippen molar-refractivity contribution in [1.82, 2.24) is 4.90 Å². The number of carboxylic acid groups (broad SMARTS) is 1. The third kappa shape index (κ3) is 3.08. The van der Waals surface area contributed by atoms with Gasteiger partial charge in [-0.05, 0) is 36.6 Å². The van der Waals surface area contributed by atoms with Gasteiger partial charge in [-0.2, -0.15) is 0 Å². The van der Waals surface area contributed by atoms with Gasteiger partial charge < -0.3 is 14.9 Å². The van der Waals surface area contributed by atoms with Gasteiger partial charge in [0, 0.05) is 12.1 Å². The van der Waals surface area contributed by atoms with Crippen LogP contribution in [0.5, 0.6) is 11.5 Å². The van der Waals surface area contributed by atoms with Crippen LogP contribution >= 0.6 is 0 Å². The normalized spacial score (nSPS) is 19.1. The maximum absolute atomic E-state index is 11.6. The van der Waals surface area contributed by atoms with E-state index in [-0.39, 0.29) is 11.8 Å². The minimum atomic E-state index is -0.818. The molecule has 5 heteroatoms. The van der Waals surface area contributed by atoms with Crippen LogP contribution in [0.1, 0.15) is 30.0 Å². The van der Waals surface area contributed by atoms with Crippen molar-refractivity contribution in [2.24, 2.45) is 0 Å². The highest BCUT2D eigenvalue weighted by atomic mass is 16.5. The first-order valence-corrected chi connectivity index (χ1v) is 8.02. The number of nitrogens with zero attached hydrogens (tertiary/aromatic N) is 1. The SMILES string of the molecule is COc1ccc(C(c2ccccc2O)N2CCC[C@H]2C(=O)O)cc1. The van der Waals surface area contributed by atoms with Crippen LogP contribution in [0.3, 0.4) is 0 Å². The van der Waals surface area contributed by atoms with Gasteiger partial charge in [0.15, 0.2) is 0 Å². The van der Waals surface area contributed by atoms with Gasteiger partial charge in [-0.15, -0.1) is 0 Å². The molecular weight excluding hydrogens is 306 g/mol. The number of carboxylic acids is 1. The number of likely N-dealkylation sites (tertiary alicyclic amines) is 1. The van der Waals surface area contributed by atoms with E-state index in [1.54, 1.807) is 19.2 Å². The Morgan fingerprint density at radius 1 is 1.21 bits per heavy atom. The van der Waals surface area contributed by atoms with Crippen LogP contribution < -0.4 is 4.74 Å². The number of hydrogen-bond donors (Lipinski definition) is 2. The van der Waals surface area contributed by atoms with Crippen molar-refractivity contribution in [3.63, 3.8) is 0 Å². The maximum atomic E-state index is 11.6. The molecule has 0 amide bonds. The predicted octanol–water partition coefficient (Wildman–Crippen LogP) is 3.04. The number of hydrogen-bond acceptors (Lipinski definition) is 4. The Morgan fingerprint density at radius 2 is 1.92 bits per heavy atom. The van der Waals surface area contributed by atoms with E-state index in [0.29, 0.717) is 13.0 Å². The summed E-state index contributed by atoms with van der Waals surface area (Å²) in [6.07, 6.45) is 1.45. The summed E-state index contributed by atoms with van der Waals surface area (Å²) in [5.74, 6) is 0.0989. The number of aromatic hydroxyl groups is 1. The molecule has 0 spiro atoms. The molecule has 24 heavy (non-hydrogen) atoms. The zero-order chi connectivity index (χ0) is 17.1. The molecule has 2 aromatic carbocycles. The summed E-state index contributed by atoms with van der Waals surface area (Å²) < 4.78 is 5.21. The number of para-hydroxylation sites is 1. The molecule has 0 bridgehead atoms. The molecule has 0 radical (unpaired) electrons. The summed E-state index contributed by atoms with van der Waals surface area (Å²) in [5, 5.41) is 19.9. The number of phenolic OH excluding ortho intramolecular Hbond substituents is 1. The van der Waals surface area contributed by atoms with E-state index in [1.807, 2.05) is 41.3 Å². The average Bonchev–Trinajstić information content (AvgIpc) is 3.07. The number of rotatable bonds is 5. The van der Waals surface area contributed by atoms with Crippen LogP contribution in [0.2, 0.25) is 0 Å². The molecule has 1 heterocycles. The summed E-state index contributed by atoms with van der Waals surface area (Å²) in [6.45, 7) is 0.683. The van der Waals surface area contributed by atoms with Crippen LogP contribution in [0.15, 0.2) is 48.5 Å². The fourth-order valence-electron chi connectivity index (χ4n) is 3.42. The lowest BCUT2D eigenvalue weighted by atomic mass is 9.95. The number of aliphatic carboxylic acids is 1. The minimum absolute atomic E-state index is 0.175. The summed E-state index contributed by atoms with van der Waals surface area (Å²) in [4.78, 5) is 13.6. The Morgan fingerprint density at radius 3 is 2.54 bits per heavy atom. The van der Waals surface area contributed by atoms with Crippen LogP contribution in [0, 0.1) is 0 Å². The molecule has 2 N–H and O–H groups in total. The fraction of sp³-hybridized carbons (Fsp3) is 0.316. The number of carbonyl (C=O) groups is 1. The van der Waals surface area contributed by atoms with E-state index >= 15 is 0 Å². The quantitative estimate of drug-likeness (QED) is 0.883. The Bertz CT molecular complexity index is 714. The molecule has 3 rings (SSSR count). The van der Waals surface area contributed by atoms with Gasteiger partial charge in [0.1, 0.15) is 17.5 Å². The van der Waals surface area contributed by atoms with Crippen molar-refractivity contribution >= 4 is 5.97 Å². The zero-order valence-corrected chi connectivity index (χ0v) is 13.6. The third-order valence-electron chi connectivity index (χ3n) is 4.57. The molecule has 0 aliphatic carbocycles. The summed E-state index contributed by atoms with van der Waals surface area (Å²) in [7, 11) is 1.61. The first kappa shape index (κ1) is 16.3. The van der Waals surface area contributed by atoms with Gasteiger partial charge in [-0.1, -0.05) is 30.3 Å². The van der Waals surface area contributed by atoms with Gasteiger partial charge in [0.2, 0.25) is 0 Å². The molecule has 126 valence electrons. The topological polar surface area (TPSA) is 70.0 Å². The molecule has 2 atom stereocenters. The second-order valence-corrected chi connectivity index (χ2v) is 5.97. The van der Waals surface area contributed by atoms with E-state index in [0.717, 1.165) is 23.3 Å². The highest BCUT2D eigenvalue weighted by molar-refractivity contribution is 5.74. The van der Waals surface area contributed by atoms with E-state index < -0.39 is 12.0 Å². The van der Waals surface area contributed by atoms with Gasteiger partial charge >= 0.3 is 5.97 Å². The van der Waals surface area contributed by atoms with Gasteiger partial charge in [0.05, 0.1) is 13.2 Å². The highest BCUT2D eigenvalue weighted by Gasteiger charge is 2.37. The molecule has 2 aromatic rings. The van der Waals surface area contributed by atoms with Crippen molar-refractivity contribution < 1.29 is 19.7 Å². The lowest BCUT2D eigenvalue weighted by Crippen LogP contribution is -2.39. The van der Waals surface area contributed by atoms with E-state index in [2.05, 4.69) is 0 Å². The molecule has 0 saturated carbocycles. The first-order chi connectivity index (χ1) is 11.6. The zero-order valence-electron chi connectivity index (χ0n) is 13.6. The monoisotopic (exact) mass is 327 g/mol. The molecular formula is C19H21NO4. The molecule has 1 aliphatic rings. The van der Waals surface area contributed by atoms with Gasteiger partial charge in [-0.25, -0.2) is 0 Å². The molecule has 1 fully saturated rings. The lowest BCUT2D eigenvalue weighted by Gasteiger charge is -2.32. The maximum Gasteiger partial charge on any atom is 0.320 e. The van der Waals surface area contributed by atoms with E-state index in [1.165, 1.54) is 0 Å². The molecule has 0 aromatic heterocycles. The number of ether oxygens (including phenoxy) is 1. The Hall–Kier alpha value is -2.53. The van der Waals surface area contributed by atoms with Gasteiger partial charge in [-0.3, -0.25) is 9.69 Å². The fourth-order valence-corrected chi connectivity index (χ4v) is 3.42. The molecule has 1 saturated heterocycles. The second kappa shape index (κ2) is 6.93. The highest BCUT2D eigenvalue weighted by Crippen LogP contribution is 2.38. The lowest BCUT2D eigenvalue weighted by molar-refractivity contribution is -0.142. The standard InChI is InChI=1S/C19H21NO4/c1-24-14-10-8-13(9-11-14)18(15-5-2-3-7-17(15)21)20-12-4-6-16(20)19(22)23/h2-3,5,7-11,16,18,21H,4,6,12H2,1H3,(H,22,23)/t16-,18?/m0/s1. The van der Waals surface area contributed by atoms with Crippen molar-refractivity contribution in [2.75, 3.05) is 13.7 Å². The van der Waals surface area contributed by atoms with Crippen molar-refractivity contribution in [3.05, 3.63) is 59.7 Å². The van der Waals surface area contributed by atoms with Crippen LogP contribution in [0.25, 0.3) is 0 Å². The smallest absolute Gasteiger partial charge is 0.320 e. The average molecular weight is 327 g/mol. The predicted molar refractivity (Wildman–Crippen MR) is 90.3 cm³/mol. The Balaban J connectivity index is 2.06. The third-order valence-corrected chi connectivity index (χ3v) is 4.57. The summed E-state index contributed by atoms with van der Waals surface area (Å²) >= 11 is 0. The van der Waals surface area contributed by atoms with E-state index in [4.69, 9.17) is 4.74 Å². The van der Waals surface area contributed by atoms with Crippen molar-refractivity contribution in [1.29, 1.82) is 0 Å².